The molecule has 2 amide bonds. The Morgan fingerprint density at radius 1 is 1.24 bits per heavy atom. The number of rotatable bonds is 5. The summed E-state index contributed by atoms with van der Waals surface area (Å²) in [5.41, 5.74) is 1.16. The highest BCUT2D eigenvalue weighted by molar-refractivity contribution is 5.94. The van der Waals surface area contributed by atoms with Crippen molar-refractivity contribution in [2.75, 3.05) is 33.0 Å². The van der Waals surface area contributed by atoms with Crippen LogP contribution >= 0.6 is 0 Å². The van der Waals surface area contributed by atoms with Crippen molar-refractivity contribution in [2.45, 2.75) is 13.0 Å². The van der Waals surface area contributed by atoms with Gasteiger partial charge < -0.3 is 10.2 Å². The molecule has 0 aliphatic heterocycles. The van der Waals surface area contributed by atoms with Crippen LogP contribution in [0.4, 0.5) is 5.69 Å². The first-order chi connectivity index (χ1) is 9.85. The van der Waals surface area contributed by atoms with E-state index in [4.69, 9.17) is 5.26 Å². The molecule has 6 heteroatoms. The summed E-state index contributed by atoms with van der Waals surface area (Å²) >= 11 is 0. The maximum Gasteiger partial charge on any atom is 0.241 e. The van der Waals surface area contributed by atoms with Gasteiger partial charge >= 0.3 is 0 Å². The molecule has 21 heavy (non-hydrogen) atoms. The Morgan fingerprint density at radius 3 is 2.29 bits per heavy atom. The van der Waals surface area contributed by atoms with E-state index in [1.165, 1.54) is 4.90 Å². The standard InChI is InChI=1S/C15H20N4O2/c1-11(19(4)10-14(20)18(2)3)15(21)17-13-7-5-12(9-16)6-8-13/h5-8,11H,10H2,1-4H3,(H,17,21)/t11-/m1/s1. The average molecular weight is 288 g/mol. The second-order valence-electron chi connectivity index (χ2n) is 5.06. The van der Waals surface area contributed by atoms with E-state index in [2.05, 4.69) is 5.32 Å². The van der Waals surface area contributed by atoms with E-state index in [9.17, 15) is 9.59 Å². The van der Waals surface area contributed by atoms with E-state index in [1.54, 1.807) is 57.2 Å². The molecule has 0 bridgehead atoms. The Bertz CT molecular complexity index is 546. The second kappa shape index (κ2) is 7.41. The highest BCUT2D eigenvalue weighted by Crippen LogP contribution is 2.10. The molecule has 0 aliphatic rings. The minimum absolute atomic E-state index is 0.0597. The first kappa shape index (κ1) is 16.7. The Morgan fingerprint density at radius 2 is 1.81 bits per heavy atom. The van der Waals surface area contributed by atoms with Gasteiger partial charge in [0.1, 0.15) is 0 Å². The molecular formula is C15H20N4O2. The molecule has 0 fully saturated rings. The van der Waals surface area contributed by atoms with Crippen LogP contribution in [-0.2, 0) is 9.59 Å². The van der Waals surface area contributed by atoms with Gasteiger partial charge in [-0.25, -0.2) is 0 Å². The van der Waals surface area contributed by atoms with Gasteiger partial charge in [-0.3, -0.25) is 14.5 Å². The number of nitriles is 1. The predicted octanol–water partition coefficient (Wildman–Crippen LogP) is 0.905. The van der Waals surface area contributed by atoms with Crippen LogP contribution in [0.15, 0.2) is 24.3 Å². The Balaban J connectivity index is 2.61. The first-order valence-corrected chi connectivity index (χ1v) is 6.56. The highest BCUT2D eigenvalue weighted by Gasteiger charge is 2.20. The van der Waals surface area contributed by atoms with Gasteiger partial charge in [0.15, 0.2) is 0 Å². The number of benzene rings is 1. The van der Waals surface area contributed by atoms with Gasteiger partial charge in [-0.2, -0.15) is 5.26 Å². The molecule has 0 saturated heterocycles. The van der Waals surface area contributed by atoms with Crippen molar-refractivity contribution in [1.29, 1.82) is 5.26 Å². The lowest BCUT2D eigenvalue weighted by Crippen LogP contribution is -2.44. The maximum atomic E-state index is 12.1. The van der Waals surface area contributed by atoms with Crippen molar-refractivity contribution < 1.29 is 9.59 Å². The first-order valence-electron chi connectivity index (χ1n) is 6.56. The summed E-state index contributed by atoms with van der Waals surface area (Å²) in [7, 11) is 5.08. The number of carbonyl (C=O) groups is 2. The van der Waals surface area contributed by atoms with Crippen LogP contribution in [0.5, 0.6) is 0 Å². The number of hydrogen-bond donors (Lipinski definition) is 1. The topological polar surface area (TPSA) is 76.4 Å². The zero-order chi connectivity index (χ0) is 16.0. The van der Waals surface area contributed by atoms with Crippen molar-refractivity contribution in [1.82, 2.24) is 9.80 Å². The van der Waals surface area contributed by atoms with Gasteiger partial charge in [0.25, 0.3) is 0 Å². The van der Waals surface area contributed by atoms with Crippen molar-refractivity contribution in [3.8, 4) is 6.07 Å². The van der Waals surface area contributed by atoms with Crippen LogP contribution in [-0.4, -0.2) is 55.3 Å². The summed E-state index contributed by atoms with van der Waals surface area (Å²) in [6.45, 7) is 1.91. The zero-order valence-corrected chi connectivity index (χ0v) is 12.8. The summed E-state index contributed by atoms with van der Waals surface area (Å²) in [4.78, 5) is 26.9. The van der Waals surface area contributed by atoms with E-state index in [0.717, 1.165) is 0 Å². The van der Waals surface area contributed by atoms with Crippen molar-refractivity contribution in [3.05, 3.63) is 29.8 Å². The van der Waals surface area contributed by atoms with E-state index >= 15 is 0 Å². The molecule has 0 aromatic heterocycles. The third-order valence-corrected chi connectivity index (χ3v) is 3.21. The number of carbonyl (C=O) groups excluding carboxylic acids is 2. The van der Waals surface area contributed by atoms with Gasteiger partial charge in [-0.15, -0.1) is 0 Å². The third-order valence-electron chi connectivity index (χ3n) is 3.21. The third kappa shape index (κ3) is 4.89. The molecule has 0 spiro atoms. The smallest absolute Gasteiger partial charge is 0.241 e. The van der Waals surface area contributed by atoms with Gasteiger partial charge in [-0.1, -0.05) is 0 Å². The number of hydrogen-bond acceptors (Lipinski definition) is 4. The molecule has 112 valence electrons. The molecule has 1 aromatic rings. The summed E-state index contributed by atoms with van der Waals surface area (Å²) in [6.07, 6.45) is 0. The van der Waals surface area contributed by atoms with Crippen LogP contribution in [0, 0.1) is 11.3 Å². The van der Waals surface area contributed by atoms with Crippen LogP contribution in [0.3, 0.4) is 0 Å². The molecular weight excluding hydrogens is 268 g/mol. The van der Waals surface area contributed by atoms with Crippen molar-refractivity contribution in [2.24, 2.45) is 0 Å². The molecule has 1 rings (SSSR count). The molecule has 1 atom stereocenters. The Hall–Kier alpha value is -2.39. The Labute approximate surface area is 125 Å². The highest BCUT2D eigenvalue weighted by atomic mass is 16.2. The van der Waals surface area contributed by atoms with Crippen LogP contribution < -0.4 is 5.32 Å². The molecule has 0 radical (unpaired) electrons. The number of nitrogens with one attached hydrogen (secondary N) is 1. The van der Waals surface area contributed by atoms with E-state index < -0.39 is 6.04 Å². The molecule has 0 saturated carbocycles. The lowest BCUT2D eigenvalue weighted by atomic mass is 10.2. The van der Waals surface area contributed by atoms with Gasteiger partial charge in [0.05, 0.1) is 24.2 Å². The van der Waals surface area contributed by atoms with Crippen LogP contribution in [0.1, 0.15) is 12.5 Å². The summed E-state index contributed by atoms with van der Waals surface area (Å²) < 4.78 is 0. The monoisotopic (exact) mass is 288 g/mol. The molecule has 0 aliphatic carbocycles. The SMILES string of the molecule is C[C@H](C(=O)Nc1ccc(C#N)cc1)N(C)CC(=O)N(C)C. The van der Waals surface area contributed by atoms with E-state index in [0.29, 0.717) is 11.3 Å². The molecule has 0 heterocycles. The van der Waals surface area contributed by atoms with Gasteiger partial charge in [-0.05, 0) is 38.2 Å². The molecule has 1 aromatic carbocycles. The number of nitrogens with zero attached hydrogens (tertiary/aromatic N) is 3. The average Bonchev–Trinajstić information content (AvgIpc) is 2.46. The number of anilines is 1. The van der Waals surface area contributed by atoms with Gasteiger partial charge in [0.2, 0.25) is 11.8 Å². The fourth-order valence-electron chi connectivity index (χ4n) is 1.57. The zero-order valence-electron chi connectivity index (χ0n) is 12.8. The minimum Gasteiger partial charge on any atom is -0.348 e. The molecule has 1 N–H and O–H groups in total. The molecule has 6 nitrogen and oxygen atoms in total. The summed E-state index contributed by atoms with van der Waals surface area (Å²) in [5.74, 6) is -0.260. The number of likely N-dealkylation sites (N-methyl/N-ethyl adjacent to an activating group) is 2. The lowest BCUT2D eigenvalue weighted by Gasteiger charge is -2.24. The Kier molecular flexibility index (Phi) is 5.88. The fraction of sp³-hybridized carbons (Fsp3) is 0.400. The predicted molar refractivity (Wildman–Crippen MR) is 80.6 cm³/mol. The van der Waals surface area contributed by atoms with Gasteiger partial charge in [0, 0.05) is 19.8 Å². The van der Waals surface area contributed by atoms with Crippen molar-refractivity contribution in [3.63, 3.8) is 0 Å². The molecule has 0 unspecified atom stereocenters. The maximum absolute atomic E-state index is 12.1. The van der Waals surface area contributed by atoms with E-state index in [1.807, 2.05) is 6.07 Å². The van der Waals surface area contributed by atoms with Crippen molar-refractivity contribution >= 4 is 17.5 Å². The summed E-state index contributed by atoms with van der Waals surface area (Å²) in [6, 6.07) is 8.20. The van der Waals surface area contributed by atoms with E-state index in [-0.39, 0.29) is 18.4 Å². The number of amides is 2. The largest absolute Gasteiger partial charge is 0.348 e. The minimum atomic E-state index is -0.440. The van der Waals surface area contributed by atoms with Crippen LogP contribution in [0.2, 0.25) is 0 Å². The quantitative estimate of drug-likeness (QED) is 0.873. The van der Waals surface area contributed by atoms with Crippen LogP contribution in [0.25, 0.3) is 0 Å². The lowest BCUT2D eigenvalue weighted by molar-refractivity contribution is -0.131. The second-order valence-corrected chi connectivity index (χ2v) is 5.06. The summed E-state index contributed by atoms with van der Waals surface area (Å²) in [5, 5.41) is 11.5. The normalized spacial score (nSPS) is 11.6. The fourth-order valence-corrected chi connectivity index (χ4v) is 1.57.